The fourth-order valence-electron chi connectivity index (χ4n) is 2.32. The van der Waals surface area contributed by atoms with Crippen LogP contribution in [0.4, 0.5) is 11.4 Å². The number of nitrogen functional groups attached to an aromatic ring is 1. The molecule has 1 aliphatic heterocycles. The smallest absolute Gasteiger partial charge is 0.121 e. The molecule has 1 aromatic carbocycles. The molecule has 0 aliphatic carbocycles. The summed E-state index contributed by atoms with van der Waals surface area (Å²) in [6, 6.07) is 5.69. The number of rotatable bonds is 3. The number of ether oxygens (including phenoxy) is 1. The number of nitrogens with zero attached hydrogens (tertiary/aromatic N) is 1. The zero-order chi connectivity index (χ0) is 12.4. The Morgan fingerprint density at radius 2 is 2.29 bits per heavy atom. The van der Waals surface area contributed by atoms with Crippen LogP contribution in [0.15, 0.2) is 18.2 Å². The fourth-order valence-corrected chi connectivity index (χ4v) is 2.32. The molecule has 3 N–H and O–H groups in total. The molecule has 2 unspecified atom stereocenters. The van der Waals surface area contributed by atoms with Crippen LogP contribution in [0.2, 0.25) is 0 Å². The van der Waals surface area contributed by atoms with Gasteiger partial charge in [-0.15, -0.1) is 0 Å². The lowest BCUT2D eigenvalue weighted by atomic mass is 10.0. The van der Waals surface area contributed by atoms with E-state index < -0.39 is 0 Å². The Hall–Kier alpha value is -1.42. The van der Waals surface area contributed by atoms with E-state index in [2.05, 4.69) is 4.90 Å². The zero-order valence-corrected chi connectivity index (χ0v) is 10.4. The molecule has 0 saturated carbocycles. The van der Waals surface area contributed by atoms with Gasteiger partial charge in [0.15, 0.2) is 0 Å². The molecule has 1 saturated heterocycles. The van der Waals surface area contributed by atoms with E-state index in [9.17, 15) is 5.11 Å². The third kappa shape index (κ3) is 2.47. The van der Waals surface area contributed by atoms with Gasteiger partial charge in [-0.1, -0.05) is 0 Å². The van der Waals surface area contributed by atoms with Crippen LogP contribution in [0.1, 0.15) is 13.3 Å². The van der Waals surface area contributed by atoms with Crippen molar-refractivity contribution in [3.63, 3.8) is 0 Å². The van der Waals surface area contributed by atoms with Crippen molar-refractivity contribution < 1.29 is 9.84 Å². The van der Waals surface area contributed by atoms with Crippen molar-refractivity contribution in [3.05, 3.63) is 18.2 Å². The molecular formula is C13H20N2O2. The van der Waals surface area contributed by atoms with E-state index in [4.69, 9.17) is 10.5 Å². The highest BCUT2D eigenvalue weighted by molar-refractivity contribution is 5.70. The number of aliphatic hydroxyl groups is 1. The van der Waals surface area contributed by atoms with Gasteiger partial charge in [-0.05, 0) is 25.5 Å². The number of nitrogens with two attached hydrogens (primary N) is 1. The van der Waals surface area contributed by atoms with E-state index >= 15 is 0 Å². The summed E-state index contributed by atoms with van der Waals surface area (Å²) >= 11 is 0. The molecule has 4 nitrogen and oxygen atoms in total. The average molecular weight is 236 g/mol. The summed E-state index contributed by atoms with van der Waals surface area (Å²) in [5.41, 5.74) is 7.75. The molecule has 0 bridgehead atoms. The van der Waals surface area contributed by atoms with Gasteiger partial charge in [-0.3, -0.25) is 0 Å². The number of anilines is 2. The molecule has 4 heteroatoms. The van der Waals surface area contributed by atoms with Gasteiger partial charge in [0.05, 0.1) is 24.6 Å². The maximum Gasteiger partial charge on any atom is 0.121 e. The topological polar surface area (TPSA) is 58.7 Å². The van der Waals surface area contributed by atoms with Crippen LogP contribution in [0.5, 0.6) is 5.75 Å². The summed E-state index contributed by atoms with van der Waals surface area (Å²) in [4.78, 5) is 2.22. The van der Waals surface area contributed by atoms with E-state index in [1.165, 1.54) is 0 Å². The summed E-state index contributed by atoms with van der Waals surface area (Å²) in [7, 11) is 1.65. The summed E-state index contributed by atoms with van der Waals surface area (Å²) in [6.45, 7) is 3.64. The van der Waals surface area contributed by atoms with Gasteiger partial charge in [-0.2, -0.15) is 0 Å². The largest absolute Gasteiger partial charge is 0.497 e. The highest BCUT2D eigenvalue weighted by atomic mass is 16.5. The average Bonchev–Trinajstić information content (AvgIpc) is 2.79. The number of methoxy groups -OCH3 is 1. The molecule has 1 aliphatic rings. The van der Waals surface area contributed by atoms with Crippen molar-refractivity contribution in [2.75, 3.05) is 30.8 Å². The minimum Gasteiger partial charge on any atom is -0.497 e. The van der Waals surface area contributed by atoms with Crippen LogP contribution >= 0.6 is 0 Å². The number of benzene rings is 1. The molecule has 1 aromatic rings. The highest BCUT2D eigenvalue weighted by Crippen LogP contribution is 2.32. The quantitative estimate of drug-likeness (QED) is 0.781. The number of hydrogen-bond donors (Lipinski definition) is 2. The highest BCUT2D eigenvalue weighted by Gasteiger charge is 2.27. The van der Waals surface area contributed by atoms with E-state index in [0.29, 0.717) is 5.92 Å². The lowest BCUT2D eigenvalue weighted by Gasteiger charge is -2.22. The summed E-state index contributed by atoms with van der Waals surface area (Å²) in [5, 5.41) is 9.60. The summed E-state index contributed by atoms with van der Waals surface area (Å²) in [5.74, 6) is 1.15. The van der Waals surface area contributed by atoms with E-state index in [0.717, 1.165) is 36.6 Å². The lowest BCUT2D eigenvalue weighted by Crippen LogP contribution is -2.24. The van der Waals surface area contributed by atoms with Gasteiger partial charge >= 0.3 is 0 Å². The number of hydrogen-bond acceptors (Lipinski definition) is 4. The van der Waals surface area contributed by atoms with Crippen molar-refractivity contribution in [1.82, 2.24) is 0 Å². The lowest BCUT2D eigenvalue weighted by molar-refractivity contribution is 0.136. The van der Waals surface area contributed by atoms with Crippen LogP contribution in [-0.4, -0.2) is 31.4 Å². The first-order valence-corrected chi connectivity index (χ1v) is 5.98. The number of aliphatic hydroxyl groups excluding tert-OH is 1. The van der Waals surface area contributed by atoms with Crippen molar-refractivity contribution >= 4 is 11.4 Å². The molecule has 1 fully saturated rings. The van der Waals surface area contributed by atoms with Gasteiger partial charge in [0.2, 0.25) is 0 Å². The van der Waals surface area contributed by atoms with Gasteiger partial charge in [0.1, 0.15) is 5.75 Å². The molecule has 2 rings (SSSR count). The van der Waals surface area contributed by atoms with Crippen LogP contribution < -0.4 is 15.4 Å². The van der Waals surface area contributed by atoms with Crippen molar-refractivity contribution in [2.45, 2.75) is 19.4 Å². The minimum absolute atomic E-state index is 0.258. The van der Waals surface area contributed by atoms with Crippen LogP contribution in [0.3, 0.4) is 0 Å². The maximum absolute atomic E-state index is 9.60. The Morgan fingerprint density at radius 3 is 2.88 bits per heavy atom. The SMILES string of the molecule is COc1ccc(N)c(N2CCC(C(C)O)C2)c1. The Labute approximate surface area is 102 Å². The van der Waals surface area contributed by atoms with E-state index in [1.54, 1.807) is 7.11 Å². The van der Waals surface area contributed by atoms with Crippen molar-refractivity contribution in [2.24, 2.45) is 5.92 Å². The minimum atomic E-state index is -0.258. The maximum atomic E-state index is 9.60. The first-order chi connectivity index (χ1) is 8.11. The third-order valence-corrected chi connectivity index (χ3v) is 3.49. The first-order valence-electron chi connectivity index (χ1n) is 5.98. The Balaban J connectivity index is 2.18. The molecular weight excluding hydrogens is 216 g/mol. The predicted molar refractivity (Wildman–Crippen MR) is 69.4 cm³/mol. The van der Waals surface area contributed by atoms with Crippen molar-refractivity contribution in [3.8, 4) is 5.75 Å². The molecule has 2 atom stereocenters. The molecule has 0 aromatic heterocycles. The second-order valence-electron chi connectivity index (χ2n) is 4.66. The van der Waals surface area contributed by atoms with Crippen LogP contribution in [-0.2, 0) is 0 Å². The molecule has 17 heavy (non-hydrogen) atoms. The first kappa shape index (κ1) is 12.0. The normalized spacial score (nSPS) is 21.6. The zero-order valence-electron chi connectivity index (χ0n) is 10.4. The molecule has 0 amide bonds. The standard InChI is InChI=1S/C13H20N2O2/c1-9(16)10-5-6-15(8-10)13-7-11(17-2)3-4-12(13)14/h3-4,7,9-10,16H,5-6,8,14H2,1-2H3. The molecule has 1 heterocycles. The van der Waals surface area contributed by atoms with Gasteiger partial charge in [0.25, 0.3) is 0 Å². The van der Waals surface area contributed by atoms with Gasteiger partial charge < -0.3 is 20.5 Å². The van der Waals surface area contributed by atoms with Crippen molar-refractivity contribution in [1.29, 1.82) is 0 Å². The van der Waals surface area contributed by atoms with Gasteiger partial charge in [-0.25, -0.2) is 0 Å². The van der Waals surface area contributed by atoms with E-state index in [1.807, 2.05) is 25.1 Å². The molecule has 94 valence electrons. The third-order valence-electron chi connectivity index (χ3n) is 3.49. The van der Waals surface area contributed by atoms with Gasteiger partial charge in [0, 0.05) is 25.1 Å². The molecule has 0 spiro atoms. The molecule has 0 radical (unpaired) electrons. The Bertz CT molecular complexity index is 393. The predicted octanol–water partition coefficient (Wildman–Crippen LogP) is 1.48. The van der Waals surface area contributed by atoms with Crippen LogP contribution in [0.25, 0.3) is 0 Å². The fraction of sp³-hybridized carbons (Fsp3) is 0.538. The monoisotopic (exact) mass is 236 g/mol. The Morgan fingerprint density at radius 1 is 1.53 bits per heavy atom. The Kier molecular flexibility index (Phi) is 3.43. The second-order valence-corrected chi connectivity index (χ2v) is 4.66. The summed E-state index contributed by atoms with van der Waals surface area (Å²) < 4.78 is 5.21. The second kappa shape index (κ2) is 4.84. The van der Waals surface area contributed by atoms with E-state index in [-0.39, 0.29) is 6.10 Å². The van der Waals surface area contributed by atoms with Crippen LogP contribution in [0, 0.1) is 5.92 Å². The summed E-state index contributed by atoms with van der Waals surface area (Å²) in [6.07, 6.45) is 0.751.